The third kappa shape index (κ3) is 2.94. The van der Waals surface area contributed by atoms with Crippen LogP contribution in [0, 0.1) is 10.1 Å². The number of nitro groups is 1. The molecule has 1 amide bonds. The average Bonchev–Trinajstić information content (AvgIpc) is 2.96. The second kappa shape index (κ2) is 5.44. The molecule has 6 nitrogen and oxygen atoms in total. The van der Waals surface area contributed by atoms with Crippen molar-refractivity contribution in [3.05, 3.63) is 10.1 Å². The van der Waals surface area contributed by atoms with E-state index >= 15 is 0 Å². The lowest BCUT2D eigenvalue weighted by Crippen LogP contribution is -2.45. The van der Waals surface area contributed by atoms with Gasteiger partial charge in [-0.25, -0.2) is 0 Å². The fourth-order valence-electron chi connectivity index (χ4n) is 2.72. The minimum atomic E-state index is -0.798. The molecule has 1 N–H and O–H groups in total. The highest BCUT2D eigenvalue weighted by Gasteiger charge is 2.36. The van der Waals surface area contributed by atoms with Gasteiger partial charge in [0.2, 0.25) is 5.91 Å². The van der Waals surface area contributed by atoms with Gasteiger partial charge in [-0.15, -0.1) is 0 Å². The zero-order chi connectivity index (χ0) is 12.3. The molecule has 17 heavy (non-hydrogen) atoms. The van der Waals surface area contributed by atoms with Crippen molar-refractivity contribution in [1.82, 2.24) is 10.2 Å². The van der Waals surface area contributed by atoms with E-state index in [4.69, 9.17) is 0 Å². The molecule has 2 aliphatic rings. The Morgan fingerprint density at radius 3 is 2.65 bits per heavy atom. The molecule has 2 rings (SSSR count). The molecule has 1 aliphatic heterocycles. The van der Waals surface area contributed by atoms with Crippen LogP contribution in [-0.2, 0) is 4.79 Å². The Morgan fingerprint density at radius 1 is 1.29 bits per heavy atom. The van der Waals surface area contributed by atoms with Crippen molar-refractivity contribution in [2.24, 2.45) is 0 Å². The predicted octanol–water partition coefficient (Wildman–Crippen LogP) is 0.744. The van der Waals surface area contributed by atoms with Crippen LogP contribution in [0.4, 0.5) is 0 Å². The summed E-state index contributed by atoms with van der Waals surface area (Å²) >= 11 is 0. The molecule has 1 heterocycles. The third-order valence-electron chi connectivity index (χ3n) is 3.68. The van der Waals surface area contributed by atoms with Gasteiger partial charge >= 0.3 is 0 Å². The van der Waals surface area contributed by atoms with Crippen LogP contribution in [0.15, 0.2) is 0 Å². The third-order valence-corrected chi connectivity index (χ3v) is 3.68. The Balaban J connectivity index is 1.80. The predicted molar refractivity (Wildman–Crippen MR) is 62.0 cm³/mol. The highest BCUT2D eigenvalue weighted by molar-refractivity contribution is 5.78. The zero-order valence-corrected chi connectivity index (χ0v) is 9.93. The van der Waals surface area contributed by atoms with Gasteiger partial charge in [0.05, 0.1) is 6.54 Å². The topological polar surface area (TPSA) is 75.5 Å². The van der Waals surface area contributed by atoms with E-state index in [0.717, 1.165) is 19.3 Å². The first kappa shape index (κ1) is 12.3. The van der Waals surface area contributed by atoms with E-state index in [0.29, 0.717) is 19.0 Å². The van der Waals surface area contributed by atoms with Crippen LogP contribution in [0.25, 0.3) is 0 Å². The van der Waals surface area contributed by atoms with E-state index < -0.39 is 6.17 Å². The largest absolute Gasteiger partial charge is 0.306 e. The Bertz CT molecular complexity index is 302. The first-order valence-corrected chi connectivity index (χ1v) is 6.35. The van der Waals surface area contributed by atoms with E-state index in [1.807, 2.05) is 0 Å². The lowest BCUT2D eigenvalue weighted by molar-refractivity contribution is -0.541. The van der Waals surface area contributed by atoms with E-state index in [1.165, 1.54) is 17.7 Å². The van der Waals surface area contributed by atoms with E-state index in [2.05, 4.69) is 5.32 Å². The number of hydrogen-bond acceptors (Lipinski definition) is 4. The fraction of sp³-hybridized carbons (Fsp3) is 0.909. The summed E-state index contributed by atoms with van der Waals surface area (Å²) < 4.78 is 0. The molecule has 1 aliphatic carbocycles. The number of carbonyl (C=O) groups excluding carboxylic acids is 1. The number of likely N-dealkylation sites (tertiary alicyclic amines) is 1. The number of amides is 1. The van der Waals surface area contributed by atoms with Gasteiger partial charge < -0.3 is 5.32 Å². The minimum Gasteiger partial charge on any atom is -0.306 e. The van der Waals surface area contributed by atoms with E-state index in [9.17, 15) is 14.9 Å². The van der Waals surface area contributed by atoms with Crippen LogP contribution >= 0.6 is 0 Å². The monoisotopic (exact) mass is 241 g/mol. The van der Waals surface area contributed by atoms with Gasteiger partial charge in [-0.3, -0.25) is 19.8 Å². The lowest BCUT2D eigenvalue weighted by atomic mass is 10.2. The molecule has 0 aromatic heterocycles. The van der Waals surface area contributed by atoms with Crippen LogP contribution in [0.1, 0.15) is 38.5 Å². The van der Waals surface area contributed by atoms with Gasteiger partial charge in [0.15, 0.2) is 0 Å². The summed E-state index contributed by atoms with van der Waals surface area (Å²) in [5.74, 6) is -0.129. The molecule has 1 saturated heterocycles. The standard InChI is InChI=1S/C11H19N3O3/c15-11(8-12-9-4-1-2-5-9)13-7-3-6-10(13)14(16)17/h9-10,12H,1-8H2/t10-/m0/s1. The average molecular weight is 241 g/mol. The van der Waals surface area contributed by atoms with Crippen molar-refractivity contribution in [2.75, 3.05) is 13.1 Å². The van der Waals surface area contributed by atoms with Crippen LogP contribution < -0.4 is 5.32 Å². The smallest absolute Gasteiger partial charge is 0.289 e. The van der Waals surface area contributed by atoms with Crippen LogP contribution in [0.3, 0.4) is 0 Å². The number of carbonyl (C=O) groups is 1. The first-order valence-electron chi connectivity index (χ1n) is 6.35. The molecule has 1 atom stereocenters. The molecule has 96 valence electrons. The Morgan fingerprint density at radius 2 is 2.00 bits per heavy atom. The summed E-state index contributed by atoms with van der Waals surface area (Å²) in [5, 5.41) is 14.0. The highest BCUT2D eigenvalue weighted by Crippen LogP contribution is 2.19. The second-order valence-electron chi connectivity index (χ2n) is 4.86. The van der Waals surface area contributed by atoms with Gasteiger partial charge in [-0.05, 0) is 19.3 Å². The molecule has 6 heteroatoms. The summed E-state index contributed by atoms with van der Waals surface area (Å²) in [6, 6.07) is 0.426. The SMILES string of the molecule is O=C(CNC1CCCC1)N1CCC[C@@H]1[N+](=O)[O-]. The quantitative estimate of drug-likeness (QED) is 0.582. The lowest BCUT2D eigenvalue weighted by Gasteiger charge is -2.20. The van der Waals surface area contributed by atoms with Crippen molar-refractivity contribution in [2.45, 2.75) is 50.7 Å². The maximum atomic E-state index is 11.9. The first-order chi connectivity index (χ1) is 8.18. The summed E-state index contributed by atoms with van der Waals surface area (Å²) in [7, 11) is 0. The van der Waals surface area contributed by atoms with Crippen LogP contribution in [0.2, 0.25) is 0 Å². The van der Waals surface area contributed by atoms with E-state index in [1.54, 1.807) is 0 Å². The Kier molecular flexibility index (Phi) is 3.93. The van der Waals surface area contributed by atoms with Gasteiger partial charge in [0, 0.05) is 23.9 Å². The van der Waals surface area contributed by atoms with Gasteiger partial charge in [0.1, 0.15) is 0 Å². The maximum Gasteiger partial charge on any atom is 0.289 e. The van der Waals surface area contributed by atoms with Gasteiger partial charge in [0.25, 0.3) is 6.17 Å². The maximum absolute atomic E-state index is 11.9. The van der Waals surface area contributed by atoms with Crippen molar-refractivity contribution >= 4 is 5.91 Å². The van der Waals surface area contributed by atoms with Crippen LogP contribution in [-0.4, -0.2) is 41.0 Å². The Hall–Kier alpha value is -1.17. The van der Waals surface area contributed by atoms with Gasteiger partial charge in [-0.2, -0.15) is 0 Å². The number of rotatable bonds is 4. The van der Waals surface area contributed by atoms with Crippen LogP contribution in [0.5, 0.6) is 0 Å². The summed E-state index contributed by atoms with van der Waals surface area (Å²) in [6.07, 6.45) is 5.09. The molecule has 0 spiro atoms. The van der Waals surface area contributed by atoms with Crippen molar-refractivity contribution < 1.29 is 9.72 Å². The minimum absolute atomic E-state index is 0.129. The summed E-state index contributed by atoms with van der Waals surface area (Å²) in [4.78, 5) is 23.7. The molecular formula is C11H19N3O3. The normalized spacial score (nSPS) is 25.4. The second-order valence-corrected chi connectivity index (χ2v) is 4.86. The number of nitrogens with zero attached hydrogens (tertiary/aromatic N) is 2. The molecule has 0 aromatic carbocycles. The van der Waals surface area contributed by atoms with Gasteiger partial charge in [-0.1, -0.05) is 12.8 Å². The Labute approximate surface area is 101 Å². The fourth-order valence-corrected chi connectivity index (χ4v) is 2.72. The molecule has 2 fully saturated rings. The summed E-state index contributed by atoms with van der Waals surface area (Å²) in [5.41, 5.74) is 0. The highest BCUT2D eigenvalue weighted by atomic mass is 16.6. The number of nitrogens with one attached hydrogen (secondary N) is 1. The molecule has 0 radical (unpaired) electrons. The zero-order valence-electron chi connectivity index (χ0n) is 9.93. The van der Waals surface area contributed by atoms with Crippen molar-refractivity contribution in [3.63, 3.8) is 0 Å². The van der Waals surface area contributed by atoms with Crippen molar-refractivity contribution in [3.8, 4) is 0 Å². The molecular weight excluding hydrogens is 222 g/mol. The molecule has 0 bridgehead atoms. The molecule has 1 saturated carbocycles. The van der Waals surface area contributed by atoms with E-state index in [-0.39, 0.29) is 17.4 Å². The summed E-state index contributed by atoms with van der Waals surface area (Å²) in [6.45, 7) is 0.770. The molecule has 0 unspecified atom stereocenters. The molecule has 0 aromatic rings. The van der Waals surface area contributed by atoms with Crippen molar-refractivity contribution in [1.29, 1.82) is 0 Å². The number of hydrogen-bond donors (Lipinski definition) is 1.